The number of fused-ring (bicyclic) bond motifs is 1. The van der Waals surface area contributed by atoms with Crippen molar-refractivity contribution in [3.63, 3.8) is 0 Å². The Morgan fingerprint density at radius 1 is 1.17 bits per heavy atom. The Kier molecular flexibility index (Phi) is 2.84. The lowest BCUT2D eigenvalue weighted by Crippen LogP contribution is -1.80. The van der Waals surface area contributed by atoms with Crippen LogP contribution in [0.2, 0.25) is 5.02 Å². The van der Waals surface area contributed by atoms with E-state index in [4.69, 9.17) is 11.6 Å². The fourth-order valence-corrected chi connectivity index (χ4v) is 2.69. The third-order valence-electron chi connectivity index (χ3n) is 2.62. The Labute approximate surface area is 116 Å². The minimum Gasteiger partial charge on any atom is -0.338 e. The predicted octanol–water partition coefficient (Wildman–Crippen LogP) is 4.78. The molecule has 0 bridgehead atoms. The number of H-pyrrole nitrogens is 1. The van der Waals surface area contributed by atoms with E-state index in [0.29, 0.717) is 10.8 Å². The second-order valence-corrected chi connectivity index (χ2v) is 5.17. The van der Waals surface area contributed by atoms with E-state index in [2.05, 4.69) is 25.9 Å². The van der Waals surface area contributed by atoms with Crippen molar-refractivity contribution in [3.05, 3.63) is 51.7 Å². The zero-order chi connectivity index (χ0) is 12.7. The molecule has 0 saturated heterocycles. The van der Waals surface area contributed by atoms with Crippen LogP contribution in [-0.4, -0.2) is 9.97 Å². The van der Waals surface area contributed by atoms with E-state index in [-0.39, 0.29) is 5.82 Å². The van der Waals surface area contributed by atoms with E-state index in [9.17, 15) is 4.39 Å². The van der Waals surface area contributed by atoms with E-state index >= 15 is 0 Å². The average Bonchev–Trinajstić information content (AvgIpc) is 2.74. The molecule has 0 saturated carbocycles. The Hall–Kier alpha value is -1.39. The molecule has 5 heteroatoms. The standard InChI is InChI=1S/C13H7BrClFN2/c14-10-5-8(15)6-11-12(10)18-13(17-11)7-1-3-9(16)4-2-7/h1-6H,(H,17,18). The SMILES string of the molecule is Fc1ccc(-c2nc3c(Br)cc(Cl)cc3[nH]2)cc1. The Balaban J connectivity index is 2.19. The molecule has 0 radical (unpaired) electrons. The number of aromatic nitrogens is 2. The molecule has 2 aromatic carbocycles. The lowest BCUT2D eigenvalue weighted by atomic mass is 10.2. The van der Waals surface area contributed by atoms with Crippen LogP contribution in [0.15, 0.2) is 40.9 Å². The summed E-state index contributed by atoms with van der Waals surface area (Å²) in [6, 6.07) is 9.78. The number of nitrogens with zero attached hydrogens (tertiary/aromatic N) is 1. The van der Waals surface area contributed by atoms with Crippen molar-refractivity contribution in [2.75, 3.05) is 0 Å². The first-order valence-corrected chi connectivity index (χ1v) is 6.41. The summed E-state index contributed by atoms with van der Waals surface area (Å²) in [4.78, 5) is 7.63. The summed E-state index contributed by atoms with van der Waals surface area (Å²) in [5.41, 5.74) is 2.48. The van der Waals surface area contributed by atoms with Gasteiger partial charge in [-0.2, -0.15) is 0 Å². The predicted molar refractivity (Wildman–Crippen MR) is 74.2 cm³/mol. The molecular formula is C13H7BrClFN2. The molecular weight excluding hydrogens is 319 g/mol. The van der Waals surface area contributed by atoms with Crippen LogP contribution < -0.4 is 0 Å². The number of hydrogen-bond acceptors (Lipinski definition) is 1. The van der Waals surface area contributed by atoms with Gasteiger partial charge in [0, 0.05) is 15.1 Å². The fraction of sp³-hybridized carbons (Fsp3) is 0. The van der Waals surface area contributed by atoms with Gasteiger partial charge in [0.1, 0.15) is 17.2 Å². The van der Waals surface area contributed by atoms with Gasteiger partial charge in [-0.05, 0) is 52.3 Å². The molecule has 90 valence electrons. The van der Waals surface area contributed by atoms with Gasteiger partial charge in [-0.25, -0.2) is 9.37 Å². The Bertz CT molecular complexity index is 722. The second-order valence-electron chi connectivity index (χ2n) is 3.88. The van der Waals surface area contributed by atoms with Gasteiger partial charge in [-0.3, -0.25) is 0 Å². The van der Waals surface area contributed by atoms with Crippen molar-refractivity contribution in [1.29, 1.82) is 0 Å². The van der Waals surface area contributed by atoms with Crippen LogP contribution in [0, 0.1) is 5.82 Å². The van der Waals surface area contributed by atoms with Crippen LogP contribution in [0.3, 0.4) is 0 Å². The van der Waals surface area contributed by atoms with Gasteiger partial charge < -0.3 is 4.98 Å². The van der Waals surface area contributed by atoms with Crippen LogP contribution in [0.1, 0.15) is 0 Å². The zero-order valence-corrected chi connectivity index (χ0v) is 11.4. The first kappa shape index (κ1) is 11.7. The van der Waals surface area contributed by atoms with Crippen LogP contribution in [0.5, 0.6) is 0 Å². The van der Waals surface area contributed by atoms with E-state index < -0.39 is 0 Å². The van der Waals surface area contributed by atoms with Gasteiger partial charge in [0.2, 0.25) is 0 Å². The van der Waals surface area contributed by atoms with Gasteiger partial charge >= 0.3 is 0 Å². The molecule has 1 heterocycles. The minimum absolute atomic E-state index is 0.265. The third kappa shape index (κ3) is 2.02. The van der Waals surface area contributed by atoms with Gasteiger partial charge in [0.05, 0.1) is 5.52 Å². The molecule has 0 amide bonds. The lowest BCUT2D eigenvalue weighted by molar-refractivity contribution is 0.628. The topological polar surface area (TPSA) is 28.7 Å². The number of halogens is 3. The Morgan fingerprint density at radius 3 is 2.61 bits per heavy atom. The summed E-state index contributed by atoms with van der Waals surface area (Å²) in [6.07, 6.45) is 0. The summed E-state index contributed by atoms with van der Waals surface area (Å²) in [5, 5.41) is 0.628. The highest BCUT2D eigenvalue weighted by atomic mass is 79.9. The number of benzene rings is 2. The average molecular weight is 326 g/mol. The van der Waals surface area contributed by atoms with Crippen molar-refractivity contribution in [2.45, 2.75) is 0 Å². The summed E-state index contributed by atoms with van der Waals surface area (Å²) in [7, 11) is 0. The van der Waals surface area contributed by atoms with Gasteiger partial charge in [0.25, 0.3) is 0 Å². The fourth-order valence-electron chi connectivity index (χ4n) is 1.79. The first-order valence-electron chi connectivity index (χ1n) is 5.24. The minimum atomic E-state index is -0.265. The molecule has 0 aliphatic rings. The maximum Gasteiger partial charge on any atom is 0.138 e. The van der Waals surface area contributed by atoms with Crippen molar-refractivity contribution in [3.8, 4) is 11.4 Å². The van der Waals surface area contributed by atoms with E-state index in [1.807, 2.05) is 6.07 Å². The largest absolute Gasteiger partial charge is 0.338 e. The van der Waals surface area contributed by atoms with Crippen molar-refractivity contribution in [1.82, 2.24) is 9.97 Å². The highest BCUT2D eigenvalue weighted by molar-refractivity contribution is 9.10. The molecule has 3 aromatic rings. The van der Waals surface area contributed by atoms with Crippen molar-refractivity contribution < 1.29 is 4.39 Å². The zero-order valence-electron chi connectivity index (χ0n) is 9.05. The van der Waals surface area contributed by atoms with E-state index in [0.717, 1.165) is 21.1 Å². The molecule has 1 aromatic heterocycles. The molecule has 1 N–H and O–H groups in total. The molecule has 0 aliphatic carbocycles. The lowest BCUT2D eigenvalue weighted by Gasteiger charge is -1.94. The molecule has 0 aliphatic heterocycles. The summed E-state index contributed by atoms with van der Waals surface area (Å²) in [5.74, 6) is 0.423. The second kappa shape index (κ2) is 4.37. The number of rotatable bonds is 1. The van der Waals surface area contributed by atoms with Crippen LogP contribution >= 0.6 is 27.5 Å². The molecule has 0 spiro atoms. The van der Waals surface area contributed by atoms with Gasteiger partial charge in [0.15, 0.2) is 0 Å². The molecule has 18 heavy (non-hydrogen) atoms. The smallest absolute Gasteiger partial charge is 0.138 e. The highest BCUT2D eigenvalue weighted by Gasteiger charge is 2.09. The van der Waals surface area contributed by atoms with E-state index in [1.165, 1.54) is 12.1 Å². The number of nitrogens with one attached hydrogen (secondary N) is 1. The van der Waals surface area contributed by atoms with Gasteiger partial charge in [-0.1, -0.05) is 11.6 Å². The van der Waals surface area contributed by atoms with Gasteiger partial charge in [-0.15, -0.1) is 0 Å². The quantitative estimate of drug-likeness (QED) is 0.685. The summed E-state index contributed by atoms with van der Waals surface area (Å²) < 4.78 is 13.7. The Morgan fingerprint density at radius 2 is 1.89 bits per heavy atom. The van der Waals surface area contributed by atoms with Crippen molar-refractivity contribution in [2.24, 2.45) is 0 Å². The number of hydrogen-bond donors (Lipinski definition) is 1. The van der Waals surface area contributed by atoms with Crippen LogP contribution in [0.4, 0.5) is 4.39 Å². The number of aromatic amines is 1. The van der Waals surface area contributed by atoms with Crippen molar-refractivity contribution >= 4 is 38.6 Å². The molecule has 2 nitrogen and oxygen atoms in total. The maximum atomic E-state index is 12.9. The third-order valence-corrected chi connectivity index (χ3v) is 3.45. The highest BCUT2D eigenvalue weighted by Crippen LogP contribution is 2.29. The summed E-state index contributed by atoms with van der Waals surface area (Å²) >= 11 is 9.39. The maximum absolute atomic E-state index is 12.9. The molecule has 0 fully saturated rings. The molecule has 0 unspecified atom stereocenters. The molecule has 3 rings (SSSR count). The monoisotopic (exact) mass is 324 g/mol. The van der Waals surface area contributed by atoms with E-state index in [1.54, 1.807) is 18.2 Å². The first-order chi connectivity index (χ1) is 8.63. The number of imidazole rings is 1. The molecule has 0 atom stereocenters. The normalized spacial score (nSPS) is 11.1. The summed E-state index contributed by atoms with van der Waals surface area (Å²) in [6.45, 7) is 0. The van der Waals surface area contributed by atoms with Crippen LogP contribution in [-0.2, 0) is 0 Å². The van der Waals surface area contributed by atoms with Crippen LogP contribution in [0.25, 0.3) is 22.4 Å².